The molecule has 6 heterocycles. The van der Waals surface area contributed by atoms with Crippen LogP contribution in [0.15, 0.2) is 328 Å². The first-order valence-corrected chi connectivity index (χ1v) is 46.2. The second-order valence-corrected chi connectivity index (χ2v) is 34.3. The lowest BCUT2D eigenvalue weighted by atomic mass is 9.94. The highest BCUT2D eigenvalue weighted by atomic mass is 16.8. The molecule has 6 fully saturated rings. The van der Waals surface area contributed by atoms with Gasteiger partial charge in [0.2, 0.25) is 6.29 Å². The van der Waals surface area contributed by atoms with Crippen molar-refractivity contribution in [2.45, 2.75) is 240 Å². The molecule has 6 saturated heterocycles. The van der Waals surface area contributed by atoms with Crippen LogP contribution >= 0.6 is 0 Å². The van der Waals surface area contributed by atoms with Crippen LogP contribution in [0.2, 0.25) is 0 Å². The molecule has 26 nitrogen and oxygen atoms in total. The third-order valence-corrected chi connectivity index (χ3v) is 24.6. The third-order valence-electron chi connectivity index (χ3n) is 24.6. The standard InChI is InChI=1S/C109H118O26/c1-71-91(116-61-76-39-19-7-20-40-76)90(112)96(126-73(3)110)105(124-71)135-103-97(118-63-78-43-23-9-24-44-78)92(117-62-77-41-21-8-22-42-77)72(2)125-109(103)134-99-94-88(70-123-104(131-94)83-53-33-14-34-54-83)130-108(102(99)122-67-82-51-31-13-32-52-82)133-95-89(111)86(68-114-59-74-35-15-5-16-36-74)128-107(100(95)120-65-80-47-27-11-28-48-80)132-93-87(69-115-60-75-37-17-6-18-38-75)129-106(127-85-57-55-84(113-4)56-58-85)101(121-66-81-49-29-12-30-50-81)98(93)119-64-79-45-25-10-26-46-79/h5-58,71-72,86-109,111-112H,59-70H2,1-4H3/t71-,72-,86+,87+,88+,89-,90+,91-,92-,93+,94-,95-,96+,97+,98-,99-,100+,101+,102+,103+,104?,105-,106+,107-,108+,109-/m0/s1. The van der Waals surface area contributed by atoms with Crippen LogP contribution in [0.3, 0.4) is 0 Å². The van der Waals surface area contributed by atoms with E-state index in [1.807, 2.05) is 310 Å². The summed E-state index contributed by atoms with van der Waals surface area (Å²) in [6, 6.07) is 104. The first-order chi connectivity index (χ1) is 66.3. The zero-order valence-corrected chi connectivity index (χ0v) is 75.9. The van der Waals surface area contributed by atoms with Crippen LogP contribution in [0.5, 0.6) is 11.5 Å². The zero-order chi connectivity index (χ0) is 92.4. The van der Waals surface area contributed by atoms with E-state index < -0.39 is 166 Å². The fourth-order valence-electron chi connectivity index (χ4n) is 17.7. The highest BCUT2D eigenvalue weighted by Crippen LogP contribution is 2.45. The molecular weight excluding hydrogens is 1730 g/mol. The Morgan fingerprint density at radius 3 is 1.07 bits per heavy atom. The monoisotopic (exact) mass is 1840 g/mol. The van der Waals surface area contributed by atoms with Gasteiger partial charge < -0.3 is 119 Å². The molecule has 135 heavy (non-hydrogen) atoms. The van der Waals surface area contributed by atoms with Crippen molar-refractivity contribution in [1.29, 1.82) is 0 Å². The summed E-state index contributed by atoms with van der Waals surface area (Å²) >= 11 is 0. The lowest BCUT2D eigenvalue weighted by Gasteiger charge is -2.53. The fraction of sp³-hybridized carbons (Fsp3) is 0.385. The van der Waals surface area contributed by atoms with Crippen LogP contribution in [-0.4, -0.2) is 197 Å². The summed E-state index contributed by atoms with van der Waals surface area (Å²) in [5, 5.41) is 26.7. The van der Waals surface area contributed by atoms with Gasteiger partial charge in [-0.2, -0.15) is 0 Å². The molecule has 1 unspecified atom stereocenters. The van der Waals surface area contributed by atoms with Gasteiger partial charge in [0.05, 0.1) is 98.6 Å². The number of fused-ring (bicyclic) bond motifs is 1. The van der Waals surface area contributed by atoms with E-state index in [0.29, 0.717) is 17.1 Å². The largest absolute Gasteiger partial charge is 0.497 e. The van der Waals surface area contributed by atoms with E-state index in [4.69, 9.17) is 109 Å². The van der Waals surface area contributed by atoms with Gasteiger partial charge in [-0.3, -0.25) is 4.79 Å². The number of carbonyl (C=O) groups excluding carboxylic acids is 1. The van der Waals surface area contributed by atoms with Gasteiger partial charge in [0, 0.05) is 12.5 Å². The normalized spacial score (nSPS) is 29.6. The maximum atomic E-state index is 14.0. The molecule has 0 aromatic heterocycles. The predicted molar refractivity (Wildman–Crippen MR) is 493 cm³/mol. The average molecular weight is 1840 g/mol. The van der Waals surface area contributed by atoms with Crippen LogP contribution < -0.4 is 9.47 Å². The third kappa shape index (κ3) is 25.9. The Balaban J connectivity index is 0.793. The summed E-state index contributed by atoms with van der Waals surface area (Å²) in [5.74, 6) is 0.315. The van der Waals surface area contributed by atoms with Crippen LogP contribution in [0.4, 0.5) is 0 Å². The molecule has 0 aliphatic carbocycles. The van der Waals surface area contributed by atoms with E-state index in [1.54, 1.807) is 38.3 Å². The number of ether oxygens (including phenoxy) is 23. The summed E-state index contributed by atoms with van der Waals surface area (Å²) < 4.78 is 164. The molecule has 0 radical (unpaired) electrons. The molecular formula is C109H118O26. The minimum absolute atomic E-state index is 0.0210. The van der Waals surface area contributed by atoms with Gasteiger partial charge in [-0.05, 0) is 88.2 Å². The lowest BCUT2D eigenvalue weighted by Crippen LogP contribution is -2.70. The number of carbonyl (C=O) groups is 1. The minimum atomic E-state index is -1.66. The molecule has 0 bridgehead atoms. The number of hydrogen-bond donors (Lipinski definition) is 2. The molecule has 11 aromatic rings. The van der Waals surface area contributed by atoms with Crippen LogP contribution in [0.25, 0.3) is 0 Å². The summed E-state index contributed by atoms with van der Waals surface area (Å²) in [7, 11) is 1.60. The second kappa shape index (κ2) is 48.6. The van der Waals surface area contributed by atoms with Crippen LogP contribution in [0, 0.1) is 0 Å². The quantitative estimate of drug-likeness (QED) is 0.0337. The van der Waals surface area contributed by atoms with Crippen molar-refractivity contribution >= 4 is 5.97 Å². The van der Waals surface area contributed by atoms with Crippen molar-refractivity contribution in [3.63, 3.8) is 0 Å². The first-order valence-electron chi connectivity index (χ1n) is 46.2. The fourth-order valence-corrected chi connectivity index (χ4v) is 17.7. The van der Waals surface area contributed by atoms with Gasteiger partial charge in [-0.1, -0.05) is 303 Å². The second-order valence-electron chi connectivity index (χ2n) is 34.3. The van der Waals surface area contributed by atoms with Crippen molar-refractivity contribution in [3.8, 4) is 11.5 Å². The molecule has 6 aliphatic rings. The lowest BCUT2D eigenvalue weighted by molar-refractivity contribution is -0.422. The summed E-state index contributed by atoms with van der Waals surface area (Å²) in [6.45, 7) is 4.85. The van der Waals surface area contributed by atoms with Gasteiger partial charge in [0.15, 0.2) is 37.6 Å². The van der Waals surface area contributed by atoms with E-state index in [2.05, 4.69) is 0 Å². The molecule has 17 rings (SSSR count). The Kier molecular flexibility index (Phi) is 34.6. The van der Waals surface area contributed by atoms with Gasteiger partial charge in [0.25, 0.3) is 0 Å². The number of esters is 1. The van der Waals surface area contributed by atoms with Gasteiger partial charge >= 0.3 is 5.97 Å². The number of methoxy groups -OCH3 is 1. The van der Waals surface area contributed by atoms with E-state index in [-0.39, 0.29) is 79.3 Å². The Hall–Kier alpha value is -10.4. The summed E-state index contributed by atoms with van der Waals surface area (Å²) in [6.07, 6.45) is -33.4. The van der Waals surface area contributed by atoms with Crippen molar-refractivity contribution in [1.82, 2.24) is 0 Å². The zero-order valence-electron chi connectivity index (χ0n) is 75.9. The molecule has 11 aromatic carbocycles. The Labute approximate surface area is 787 Å². The maximum absolute atomic E-state index is 14.0. The number of hydrogen-bond acceptors (Lipinski definition) is 26. The van der Waals surface area contributed by atoms with E-state index in [9.17, 15) is 15.0 Å². The molecule has 2 N–H and O–H groups in total. The van der Waals surface area contributed by atoms with Gasteiger partial charge in [-0.15, -0.1) is 0 Å². The first kappa shape index (κ1) is 96.3. The van der Waals surface area contributed by atoms with E-state index in [1.165, 1.54) is 6.92 Å². The summed E-state index contributed by atoms with van der Waals surface area (Å²) in [4.78, 5) is 13.6. The maximum Gasteiger partial charge on any atom is 0.303 e. The smallest absolute Gasteiger partial charge is 0.303 e. The van der Waals surface area contributed by atoms with Crippen molar-refractivity contribution in [2.75, 3.05) is 26.9 Å². The average Bonchev–Trinajstić information content (AvgIpc) is 0.748. The number of aliphatic hydroxyl groups is 2. The predicted octanol–water partition coefficient (Wildman–Crippen LogP) is 15.6. The van der Waals surface area contributed by atoms with E-state index in [0.717, 1.165) is 50.1 Å². The highest BCUT2D eigenvalue weighted by molar-refractivity contribution is 5.66. The molecule has 26 heteroatoms. The Morgan fingerprint density at radius 1 is 0.304 bits per heavy atom. The molecule has 0 spiro atoms. The minimum Gasteiger partial charge on any atom is -0.497 e. The molecule has 6 aliphatic heterocycles. The van der Waals surface area contributed by atoms with Crippen molar-refractivity contribution < 1.29 is 124 Å². The number of aliphatic hydroxyl groups excluding tert-OH is 2. The molecule has 710 valence electrons. The molecule has 0 saturated carbocycles. The Bertz CT molecular complexity index is 5260. The van der Waals surface area contributed by atoms with Crippen molar-refractivity contribution in [2.24, 2.45) is 0 Å². The van der Waals surface area contributed by atoms with Crippen LogP contribution in [0.1, 0.15) is 82.7 Å². The highest BCUT2D eigenvalue weighted by Gasteiger charge is 2.61. The molecule has 0 amide bonds. The van der Waals surface area contributed by atoms with Crippen molar-refractivity contribution in [3.05, 3.63) is 383 Å². The van der Waals surface area contributed by atoms with E-state index >= 15 is 0 Å². The number of rotatable bonds is 42. The SMILES string of the molecule is COc1ccc(O[C@@H]2O[C@H](COCc3ccccc3)[C@@H](O[C@@H]3O[C@H](COCc4ccccc4)[C@H](O)[C@H](O[C@H]4O[C@@H]5COC(c6ccccc6)O[C@@H]5[C@H](O[C@@H]5O[C@@H](C)[C@H](OCc6ccccc6)[C@@H](OCc6ccccc6)[C@H]5O[C@@H]5O[C@@H](C)[C@H](OCc6ccccc6)[C@@H](O)[C@H]5OC(C)=O)[C@H]4OCc4ccccc4)[C@H]3OCc3ccccc3)[C@H](OCc3ccccc3)[C@H]2OCc2ccccc2)cc1. The Morgan fingerprint density at radius 2 is 0.630 bits per heavy atom. The summed E-state index contributed by atoms with van der Waals surface area (Å²) in [5.41, 5.74) is 8.12. The van der Waals surface area contributed by atoms with Crippen LogP contribution in [-0.2, 0) is 164 Å². The van der Waals surface area contributed by atoms with Gasteiger partial charge in [0.1, 0.15) is 115 Å². The molecule has 26 atom stereocenters. The van der Waals surface area contributed by atoms with Gasteiger partial charge in [-0.25, -0.2) is 0 Å². The topological polar surface area (TPSA) is 270 Å². The number of benzene rings is 11.